The molecule has 0 atom stereocenters. The van der Waals surface area contributed by atoms with Crippen LogP contribution in [0.5, 0.6) is 11.5 Å². The Balaban J connectivity index is 0.00000442. The quantitative estimate of drug-likeness (QED) is 0.0800. The predicted octanol–water partition coefficient (Wildman–Crippen LogP) is 5.82. The maximum absolute atomic E-state index is 12.1. The average molecular weight is 709 g/mol. The number of halogens is 1. The third kappa shape index (κ3) is 6.30. The summed E-state index contributed by atoms with van der Waals surface area (Å²) in [5.74, 6) is -0.762. The Hall–Kier alpha value is -3.96. The van der Waals surface area contributed by atoms with Gasteiger partial charge in [-0.15, -0.1) is 10.2 Å². The normalized spacial score (nSPS) is 12.1. The van der Waals surface area contributed by atoms with Crippen LogP contribution >= 0.6 is 11.6 Å². The van der Waals surface area contributed by atoms with Gasteiger partial charge < -0.3 is 15.5 Å². The van der Waals surface area contributed by atoms with E-state index >= 15 is 0 Å². The zero-order chi connectivity index (χ0) is 31.4. The van der Waals surface area contributed by atoms with Crippen LogP contribution in [0.4, 0.5) is 23.0 Å². The van der Waals surface area contributed by atoms with Crippen molar-refractivity contribution in [2.24, 2.45) is 10.2 Å². The molecule has 0 aliphatic rings. The molecule has 0 saturated carbocycles. The van der Waals surface area contributed by atoms with Crippen molar-refractivity contribution in [2.45, 2.75) is 30.6 Å². The number of nitrogens with one attached hydrogen (secondary N) is 1. The third-order valence-electron chi connectivity index (χ3n) is 6.43. The smallest absolute Gasteiger partial charge is 0.295 e. The fourth-order valence-corrected chi connectivity index (χ4v) is 6.05. The molecule has 1 heterocycles. The van der Waals surface area contributed by atoms with Crippen LogP contribution in [0.15, 0.2) is 62.5 Å². The minimum absolute atomic E-state index is 0. The summed E-state index contributed by atoms with van der Waals surface area (Å²) in [7, 11) is -9.43. The molecule has 5 aromatic rings. The van der Waals surface area contributed by atoms with E-state index in [1.165, 1.54) is 19.1 Å². The second kappa shape index (κ2) is 11.9. The van der Waals surface area contributed by atoms with Gasteiger partial charge in [0.2, 0.25) is 11.2 Å². The molecule has 18 heteroatoms. The molecule has 0 fully saturated rings. The van der Waals surface area contributed by atoms with Gasteiger partial charge in [0.1, 0.15) is 22.1 Å². The molecule has 233 valence electrons. The van der Waals surface area contributed by atoms with E-state index in [0.29, 0.717) is 5.56 Å². The van der Waals surface area contributed by atoms with Crippen LogP contribution in [-0.4, -0.2) is 51.1 Å². The molecule has 44 heavy (non-hydrogen) atoms. The maximum atomic E-state index is 12.1. The molecule has 4 aromatic carbocycles. The van der Waals surface area contributed by atoms with Gasteiger partial charge in [-0.3, -0.25) is 9.11 Å². The number of fused-ring (bicyclic) bond motifs is 2. The van der Waals surface area contributed by atoms with Crippen molar-refractivity contribution in [3.8, 4) is 11.5 Å². The Labute approximate surface area is 265 Å². The molecule has 0 unspecified atom stereocenters. The van der Waals surface area contributed by atoms with Crippen LogP contribution in [-0.2, 0) is 37.3 Å². The van der Waals surface area contributed by atoms with Crippen molar-refractivity contribution >= 4 is 76.4 Å². The largest absolute Gasteiger partial charge is 0.505 e. The molecular formula is C26H21ClCuN6O8S2. The van der Waals surface area contributed by atoms with Crippen LogP contribution < -0.4 is 5.32 Å². The minimum atomic E-state index is -4.74. The van der Waals surface area contributed by atoms with Crippen molar-refractivity contribution in [1.82, 2.24) is 15.0 Å². The van der Waals surface area contributed by atoms with E-state index < -0.39 is 41.5 Å². The monoisotopic (exact) mass is 707 g/mol. The van der Waals surface area contributed by atoms with Gasteiger partial charge >= 0.3 is 0 Å². The minimum Gasteiger partial charge on any atom is -0.505 e. The zero-order valence-corrected chi connectivity index (χ0v) is 26.0. The summed E-state index contributed by atoms with van der Waals surface area (Å²) < 4.78 is 67.9. The molecule has 0 aliphatic heterocycles. The second-order valence-corrected chi connectivity index (χ2v) is 12.6. The Bertz CT molecular complexity index is 2230. The number of benzene rings is 4. The molecule has 0 amide bonds. The number of phenols is 2. The van der Waals surface area contributed by atoms with E-state index in [2.05, 4.69) is 30.5 Å². The van der Waals surface area contributed by atoms with E-state index in [1.54, 1.807) is 26.0 Å². The molecule has 0 saturated heterocycles. The van der Waals surface area contributed by atoms with Crippen molar-refractivity contribution in [3.05, 3.63) is 64.7 Å². The first-order chi connectivity index (χ1) is 20.0. The van der Waals surface area contributed by atoms with E-state index in [-0.39, 0.29) is 78.3 Å². The van der Waals surface area contributed by atoms with Gasteiger partial charge in [-0.1, -0.05) is 18.2 Å². The molecule has 0 spiro atoms. The number of anilines is 2. The summed E-state index contributed by atoms with van der Waals surface area (Å²) in [4.78, 5) is 10.9. The number of azo groups is 1. The number of hydrogen-bond acceptors (Lipinski definition) is 12. The van der Waals surface area contributed by atoms with Crippen LogP contribution in [0.1, 0.15) is 17.0 Å². The fraction of sp³-hybridized carbons (Fsp3) is 0.115. The van der Waals surface area contributed by atoms with E-state index in [0.717, 1.165) is 18.2 Å². The van der Waals surface area contributed by atoms with E-state index in [9.17, 15) is 36.2 Å². The Morgan fingerprint density at radius 2 is 1.52 bits per heavy atom. The van der Waals surface area contributed by atoms with Gasteiger partial charge in [-0.25, -0.2) is 4.98 Å². The van der Waals surface area contributed by atoms with Gasteiger partial charge in [0.05, 0.1) is 10.6 Å². The zero-order valence-electron chi connectivity index (χ0n) is 22.7. The standard InChI is InChI=1S/C26H21ClN6O8S2.Cu/c1-11-5-4-6-16-19(43(39,40)41)10-18(23(34)20(11)16)32-33-22-12(2)7-14-8-15(42(36,37)38)9-17(21(14)24(22)35)30-26-29-13(3)28-25(27)31-26;/h4-10,34-35H,1-3H3,(H,36,37,38)(H,39,40,41)(H,28,29,30,31);. The third-order valence-corrected chi connectivity index (χ3v) is 8.33. The van der Waals surface area contributed by atoms with Crippen LogP contribution in [0.2, 0.25) is 5.28 Å². The first kappa shape index (κ1) is 32.9. The number of nitrogens with zero attached hydrogens (tertiary/aromatic N) is 5. The Morgan fingerprint density at radius 1 is 0.818 bits per heavy atom. The molecule has 0 aliphatic carbocycles. The Kier molecular flexibility index (Phi) is 8.87. The van der Waals surface area contributed by atoms with Gasteiger partial charge in [0, 0.05) is 33.2 Å². The fourth-order valence-electron chi connectivity index (χ4n) is 4.60. The summed E-state index contributed by atoms with van der Waals surface area (Å²) in [6.07, 6.45) is 0. The summed E-state index contributed by atoms with van der Waals surface area (Å²) >= 11 is 5.92. The number of aryl methyl sites for hydroxylation is 3. The summed E-state index contributed by atoms with van der Waals surface area (Å²) in [5, 5.41) is 33.4. The molecule has 5 N–H and O–H groups in total. The topological polar surface area (TPSA) is 225 Å². The number of aromatic hydroxyl groups is 2. The number of rotatable bonds is 6. The molecule has 14 nitrogen and oxygen atoms in total. The average Bonchev–Trinajstić information content (AvgIpc) is 2.87. The van der Waals surface area contributed by atoms with E-state index in [1.807, 2.05) is 0 Å². The van der Waals surface area contributed by atoms with Gasteiger partial charge in [0.15, 0.2) is 11.5 Å². The van der Waals surface area contributed by atoms with Crippen LogP contribution in [0, 0.1) is 20.8 Å². The number of phenolic OH excluding ortho intramolecular Hbond substituents is 2. The summed E-state index contributed by atoms with van der Waals surface area (Å²) in [5.41, 5.74) is 0.290. The first-order valence-corrected chi connectivity index (χ1v) is 15.4. The van der Waals surface area contributed by atoms with Crippen molar-refractivity contribution in [3.63, 3.8) is 0 Å². The van der Waals surface area contributed by atoms with Crippen molar-refractivity contribution in [1.29, 1.82) is 0 Å². The number of aromatic nitrogens is 3. The van der Waals surface area contributed by atoms with Gasteiger partial charge in [-0.05, 0) is 73.2 Å². The van der Waals surface area contributed by atoms with Crippen molar-refractivity contribution < 1.29 is 53.2 Å². The summed E-state index contributed by atoms with van der Waals surface area (Å²) in [6, 6.07) is 9.19. The molecule has 5 rings (SSSR count). The molecule has 1 radical (unpaired) electrons. The first-order valence-electron chi connectivity index (χ1n) is 12.1. The van der Waals surface area contributed by atoms with Crippen molar-refractivity contribution in [2.75, 3.05) is 5.32 Å². The van der Waals surface area contributed by atoms with Gasteiger partial charge in [0.25, 0.3) is 20.2 Å². The van der Waals surface area contributed by atoms with Gasteiger partial charge in [-0.2, -0.15) is 26.8 Å². The Morgan fingerprint density at radius 3 is 2.16 bits per heavy atom. The maximum Gasteiger partial charge on any atom is 0.295 e. The molecule has 0 bridgehead atoms. The van der Waals surface area contributed by atoms with Crippen LogP contribution in [0.3, 0.4) is 0 Å². The predicted molar refractivity (Wildman–Crippen MR) is 157 cm³/mol. The molecule has 1 aromatic heterocycles. The molecular weight excluding hydrogens is 687 g/mol. The van der Waals surface area contributed by atoms with E-state index in [4.69, 9.17) is 11.6 Å². The number of hydrogen-bond donors (Lipinski definition) is 5. The summed E-state index contributed by atoms with van der Waals surface area (Å²) in [6.45, 7) is 4.71. The van der Waals surface area contributed by atoms with Crippen LogP contribution in [0.25, 0.3) is 21.5 Å². The second-order valence-electron chi connectivity index (χ2n) is 9.45. The SMILES string of the molecule is Cc1nc(Cl)nc(Nc2cc(S(=O)(=O)O)cc3cc(C)c(N=Nc4cc(S(=O)(=O)O)c5cccc(C)c5c4O)c(O)c23)n1.[Cu].